The molecule has 1 N–H and O–H groups in total. The molecule has 1 aromatic rings. The Morgan fingerprint density at radius 3 is 3.14 bits per heavy atom. The van der Waals surface area contributed by atoms with E-state index in [1.165, 1.54) is 19.3 Å². The maximum atomic E-state index is 5.04. The molecule has 3 heteroatoms. The number of methoxy groups -OCH3 is 1. The van der Waals surface area contributed by atoms with Crippen molar-refractivity contribution in [3.63, 3.8) is 0 Å². The molecular weight excluding hydrogens is 176 g/mol. The fourth-order valence-corrected chi connectivity index (χ4v) is 1.46. The third kappa shape index (κ3) is 2.62. The van der Waals surface area contributed by atoms with Crippen molar-refractivity contribution in [2.45, 2.75) is 19.3 Å². The maximum Gasteiger partial charge on any atom is 0.214 e. The number of rotatable bonds is 5. The van der Waals surface area contributed by atoms with Gasteiger partial charge < -0.3 is 10.1 Å². The van der Waals surface area contributed by atoms with E-state index in [4.69, 9.17) is 4.74 Å². The van der Waals surface area contributed by atoms with Gasteiger partial charge in [0.1, 0.15) is 0 Å². The lowest BCUT2D eigenvalue weighted by atomic mass is 10.3. The zero-order valence-corrected chi connectivity index (χ0v) is 8.49. The van der Waals surface area contributed by atoms with Crippen LogP contribution in [0.2, 0.25) is 0 Å². The molecule has 0 amide bonds. The summed E-state index contributed by atoms with van der Waals surface area (Å²) >= 11 is 0. The van der Waals surface area contributed by atoms with Crippen LogP contribution in [0.5, 0.6) is 5.88 Å². The number of hydrogen-bond acceptors (Lipinski definition) is 3. The van der Waals surface area contributed by atoms with Gasteiger partial charge in [-0.05, 0) is 18.4 Å². The molecule has 1 fully saturated rings. The fraction of sp³-hybridized carbons (Fsp3) is 0.545. The smallest absolute Gasteiger partial charge is 0.214 e. The quantitative estimate of drug-likeness (QED) is 0.777. The summed E-state index contributed by atoms with van der Waals surface area (Å²) in [5.41, 5.74) is 1.09. The Morgan fingerprint density at radius 2 is 2.43 bits per heavy atom. The summed E-state index contributed by atoms with van der Waals surface area (Å²) in [6, 6.07) is 3.89. The molecule has 1 aliphatic carbocycles. The number of nitrogens with one attached hydrogen (secondary N) is 1. The first-order chi connectivity index (χ1) is 6.88. The van der Waals surface area contributed by atoms with Crippen molar-refractivity contribution >= 4 is 5.69 Å². The molecule has 0 saturated heterocycles. The zero-order chi connectivity index (χ0) is 9.80. The average Bonchev–Trinajstić information content (AvgIpc) is 3.02. The number of hydrogen-bond donors (Lipinski definition) is 1. The molecule has 0 unspecified atom stereocenters. The number of anilines is 1. The molecule has 1 aromatic heterocycles. The molecule has 0 bridgehead atoms. The Hall–Kier alpha value is -1.25. The van der Waals surface area contributed by atoms with Gasteiger partial charge in [-0.3, -0.25) is 0 Å². The van der Waals surface area contributed by atoms with Crippen LogP contribution < -0.4 is 10.1 Å². The predicted octanol–water partition coefficient (Wildman–Crippen LogP) is 2.30. The molecule has 3 nitrogen and oxygen atoms in total. The van der Waals surface area contributed by atoms with E-state index < -0.39 is 0 Å². The van der Waals surface area contributed by atoms with E-state index in [9.17, 15) is 0 Å². The summed E-state index contributed by atoms with van der Waals surface area (Å²) in [5, 5.41) is 3.37. The highest BCUT2D eigenvalue weighted by molar-refractivity contribution is 5.44. The largest absolute Gasteiger partial charge is 0.481 e. The van der Waals surface area contributed by atoms with Crippen LogP contribution in [0.3, 0.4) is 0 Å². The minimum Gasteiger partial charge on any atom is -0.481 e. The molecular formula is C11H16N2O. The Kier molecular flexibility index (Phi) is 2.87. The highest BCUT2D eigenvalue weighted by Gasteiger charge is 2.19. The third-order valence-electron chi connectivity index (χ3n) is 2.52. The molecule has 2 rings (SSSR count). The lowest BCUT2D eigenvalue weighted by Crippen LogP contribution is -2.02. The van der Waals surface area contributed by atoms with Crippen molar-refractivity contribution in [1.82, 2.24) is 4.98 Å². The maximum absolute atomic E-state index is 5.04. The average molecular weight is 192 g/mol. The Balaban J connectivity index is 1.81. The summed E-state index contributed by atoms with van der Waals surface area (Å²) in [7, 11) is 1.64. The van der Waals surface area contributed by atoms with Crippen molar-refractivity contribution in [3.05, 3.63) is 18.3 Å². The molecule has 0 aromatic carbocycles. The zero-order valence-electron chi connectivity index (χ0n) is 8.49. The van der Waals surface area contributed by atoms with Crippen molar-refractivity contribution in [2.75, 3.05) is 19.0 Å². The van der Waals surface area contributed by atoms with Gasteiger partial charge in [-0.1, -0.05) is 12.8 Å². The van der Waals surface area contributed by atoms with Crippen LogP contribution in [0.1, 0.15) is 19.3 Å². The highest BCUT2D eigenvalue weighted by atomic mass is 16.5. The lowest BCUT2D eigenvalue weighted by molar-refractivity contribution is 0.398. The number of aromatic nitrogens is 1. The molecule has 1 aliphatic rings. The van der Waals surface area contributed by atoms with E-state index >= 15 is 0 Å². The standard InChI is InChI=1S/C11H16N2O/c1-14-11-8-10(5-7-13-11)12-6-4-9-2-3-9/h5,7-9H,2-4,6H2,1H3,(H,12,13). The van der Waals surface area contributed by atoms with Gasteiger partial charge in [0.25, 0.3) is 0 Å². The third-order valence-corrected chi connectivity index (χ3v) is 2.52. The van der Waals surface area contributed by atoms with Gasteiger partial charge in [-0.15, -0.1) is 0 Å². The SMILES string of the molecule is COc1cc(NCCC2CC2)ccn1. The van der Waals surface area contributed by atoms with Gasteiger partial charge in [-0.2, -0.15) is 0 Å². The first-order valence-electron chi connectivity index (χ1n) is 5.12. The Labute approximate surface area is 84.5 Å². The van der Waals surface area contributed by atoms with Crippen LogP contribution in [-0.4, -0.2) is 18.6 Å². The summed E-state index contributed by atoms with van der Waals surface area (Å²) in [6.07, 6.45) is 5.88. The Bertz CT molecular complexity index is 297. The van der Waals surface area contributed by atoms with Gasteiger partial charge in [0, 0.05) is 24.5 Å². The second-order valence-corrected chi connectivity index (χ2v) is 3.75. The molecule has 0 atom stereocenters. The van der Waals surface area contributed by atoms with Crippen LogP contribution in [0.4, 0.5) is 5.69 Å². The summed E-state index contributed by atoms with van der Waals surface area (Å²) in [5.74, 6) is 1.65. The molecule has 1 heterocycles. The predicted molar refractivity (Wildman–Crippen MR) is 56.6 cm³/mol. The van der Waals surface area contributed by atoms with E-state index in [0.29, 0.717) is 5.88 Å². The van der Waals surface area contributed by atoms with E-state index in [-0.39, 0.29) is 0 Å². The normalized spacial score (nSPS) is 15.2. The van der Waals surface area contributed by atoms with Gasteiger partial charge >= 0.3 is 0 Å². The van der Waals surface area contributed by atoms with Gasteiger partial charge in [0.05, 0.1) is 7.11 Å². The second-order valence-electron chi connectivity index (χ2n) is 3.75. The van der Waals surface area contributed by atoms with Crippen LogP contribution in [0.25, 0.3) is 0 Å². The monoisotopic (exact) mass is 192 g/mol. The first-order valence-corrected chi connectivity index (χ1v) is 5.12. The molecule has 1 saturated carbocycles. The minimum absolute atomic E-state index is 0.668. The van der Waals surface area contributed by atoms with Crippen LogP contribution in [0, 0.1) is 5.92 Å². The van der Waals surface area contributed by atoms with E-state index in [0.717, 1.165) is 18.2 Å². The van der Waals surface area contributed by atoms with Crippen molar-refractivity contribution in [2.24, 2.45) is 5.92 Å². The number of nitrogens with zero attached hydrogens (tertiary/aromatic N) is 1. The molecule has 0 spiro atoms. The van der Waals surface area contributed by atoms with E-state index in [1.54, 1.807) is 13.3 Å². The van der Waals surface area contributed by atoms with Crippen molar-refractivity contribution < 1.29 is 4.74 Å². The van der Waals surface area contributed by atoms with Gasteiger partial charge in [-0.25, -0.2) is 4.98 Å². The summed E-state index contributed by atoms with van der Waals surface area (Å²) in [4.78, 5) is 4.05. The number of pyridine rings is 1. The van der Waals surface area contributed by atoms with E-state index in [1.807, 2.05) is 12.1 Å². The fourth-order valence-electron chi connectivity index (χ4n) is 1.46. The summed E-state index contributed by atoms with van der Waals surface area (Å²) in [6.45, 7) is 1.05. The summed E-state index contributed by atoms with van der Waals surface area (Å²) < 4.78 is 5.04. The van der Waals surface area contributed by atoms with Gasteiger partial charge in [0.15, 0.2) is 0 Å². The topological polar surface area (TPSA) is 34.1 Å². The second kappa shape index (κ2) is 4.31. The van der Waals surface area contributed by atoms with Crippen LogP contribution in [0.15, 0.2) is 18.3 Å². The van der Waals surface area contributed by atoms with Crippen molar-refractivity contribution in [1.29, 1.82) is 0 Å². The molecule has 76 valence electrons. The highest BCUT2D eigenvalue weighted by Crippen LogP contribution is 2.32. The molecule has 0 radical (unpaired) electrons. The molecule has 0 aliphatic heterocycles. The van der Waals surface area contributed by atoms with Crippen molar-refractivity contribution in [3.8, 4) is 5.88 Å². The minimum atomic E-state index is 0.668. The first kappa shape index (κ1) is 9.31. The molecule has 14 heavy (non-hydrogen) atoms. The van der Waals surface area contributed by atoms with E-state index in [2.05, 4.69) is 10.3 Å². The number of ether oxygens (including phenoxy) is 1. The van der Waals surface area contributed by atoms with Crippen LogP contribution >= 0.6 is 0 Å². The Morgan fingerprint density at radius 1 is 1.57 bits per heavy atom. The lowest BCUT2D eigenvalue weighted by Gasteiger charge is -2.06. The van der Waals surface area contributed by atoms with Gasteiger partial charge in [0.2, 0.25) is 5.88 Å². The van der Waals surface area contributed by atoms with Crippen LogP contribution in [-0.2, 0) is 0 Å².